The lowest BCUT2D eigenvalue weighted by Crippen LogP contribution is -2.36. The second-order valence-corrected chi connectivity index (χ2v) is 4.28. The Morgan fingerprint density at radius 3 is 2.81 bits per heavy atom. The van der Waals surface area contributed by atoms with Gasteiger partial charge in [-0.1, -0.05) is 6.07 Å². The first kappa shape index (κ1) is 14.5. The lowest BCUT2D eigenvalue weighted by Gasteiger charge is -2.29. The van der Waals surface area contributed by atoms with Crippen molar-refractivity contribution in [1.82, 2.24) is 0 Å². The number of allylic oxidation sites excluding steroid dienone is 1. The fraction of sp³-hybridized carbons (Fsp3) is 0.231. The van der Waals surface area contributed by atoms with E-state index >= 15 is 0 Å². The van der Waals surface area contributed by atoms with Crippen LogP contribution in [0.25, 0.3) is 0 Å². The van der Waals surface area contributed by atoms with Crippen molar-refractivity contribution in [3.8, 4) is 0 Å². The van der Waals surface area contributed by atoms with Gasteiger partial charge in [-0.15, -0.1) is 0 Å². The van der Waals surface area contributed by atoms with Crippen molar-refractivity contribution in [1.29, 1.82) is 0 Å². The van der Waals surface area contributed by atoms with E-state index in [9.17, 15) is 20.0 Å². The zero-order valence-corrected chi connectivity index (χ0v) is 11.4. The van der Waals surface area contributed by atoms with Crippen LogP contribution >= 0.6 is 0 Å². The first-order valence-electron chi connectivity index (χ1n) is 6.01. The summed E-state index contributed by atoms with van der Waals surface area (Å²) >= 11 is 0. The summed E-state index contributed by atoms with van der Waals surface area (Å²) in [4.78, 5) is 27.0. The molecule has 21 heavy (non-hydrogen) atoms. The van der Waals surface area contributed by atoms with E-state index in [-0.39, 0.29) is 23.8 Å². The summed E-state index contributed by atoms with van der Waals surface area (Å²) in [6.45, 7) is 1.60. The molecule has 0 saturated heterocycles. The Hall–Kier alpha value is -2.90. The van der Waals surface area contributed by atoms with Gasteiger partial charge in [-0.25, -0.2) is 9.79 Å². The second-order valence-electron chi connectivity index (χ2n) is 4.28. The molecule has 110 valence electrons. The first-order chi connectivity index (χ1) is 9.95. The number of aliphatic imine (C=N–C) groups is 1. The van der Waals surface area contributed by atoms with Gasteiger partial charge in [-0.3, -0.25) is 15.0 Å². The molecule has 8 heteroatoms. The zero-order chi connectivity index (χ0) is 15.6. The second kappa shape index (κ2) is 5.61. The maximum Gasteiger partial charge on any atom is 0.335 e. The highest BCUT2D eigenvalue weighted by atomic mass is 16.6. The first-order valence-corrected chi connectivity index (χ1v) is 6.01. The molecular weight excluding hydrogens is 278 g/mol. The van der Waals surface area contributed by atoms with E-state index in [0.29, 0.717) is 11.4 Å². The molecule has 0 radical (unpaired) electrons. The van der Waals surface area contributed by atoms with E-state index in [1.54, 1.807) is 13.0 Å². The van der Waals surface area contributed by atoms with E-state index < -0.39 is 10.9 Å². The monoisotopic (exact) mass is 291 g/mol. The summed E-state index contributed by atoms with van der Waals surface area (Å²) in [6, 6.07) is 6.02. The molecule has 1 aliphatic rings. The molecule has 0 unspecified atom stereocenters. The van der Waals surface area contributed by atoms with Crippen LogP contribution < -0.4 is 4.90 Å². The minimum atomic E-state index is -1.08. The Kier molecular flexibility index (Phi) is 3.88. The number of non-ortho nitro benzene ring substituents is 1. The number of nitro benzene ring substituents is 1. The Labute approximate surface area is 120 Å². The van der Waals surface area contributed by atoms with Crippen LogP contribution in [-0.4, -0.2) is 35.7 Å². The van der Waals surface area contributed by atoms with Crippen molar-refractivity contribution in [3.05, 3.63) is 45.6 Å². The van der Waals surface area contributed by atoms with E-state index in [1.807, 2.05) is 0 Å². The fourth-order valence-electron chi connectivity index (χ4n) is 2.04. The van der Waals surface area contributed by atoms with Crippen LogP contribution in [0.2, 0.25) is 0 Å². The minimum absolute atomic E-state index is 0.00420. The number of methoxy groups -OCH3 is 1. The maximum atomic E-state index is 11.2. The lowest BCUT2D eigenvalue weighted by atomic mass is 10.1. The number of ether oxygens (including phenoxy) is 1. The van der Waals surface area contributed by atoms with Crippen molar-refractivity contribution in [2.75, 3.05) is 18.6 Å². The normalized spacial score (nSPS) is 14.8. The molecule has 0 aromatic heterocycles. The average Bonchev–Trinajstić information content (AvgIpc) is 2.46. The number of nitrogens with zero attached hydrogens (tertiary/aromatic N) is 3. The van der Waals surface area contributed by atoms with Crippen LogP contribution in [0, 0.1) is 10.1 Å². The van der Waals surface area contributed by atoms with E-state index in [2.05, 4.69) is 4.99 Å². The number of carboxylic acids is 1. The number of nitro groups is 1. The molecule has 0 atom stereocenters. The average molecular weight is 291 g/mol. The fourth-order valence-corrected chi connectivity index (χ4v) is 2.04. The van der Waals surface area contributed by atoms with Crippen molar-refractivity contribution >= 4 is 23.4 Å². The van der Waals surface area contributed by atoms with Crippen molar-refractivity contribution < 1.29 is 19.6 Å². The molecule has 0 saturated carbocycles. The quantitative estimate of drug-likeness (QED) is 0.672. The predicted molar refractivity (Wildman–Crippen MR) is 75.2 cm³/mol. The number of benzene rings is 1. The summed E-state index contributed by atoms with van der Waals surface area (Å²) in [5.41, 5.74) is 0.844. The van der Waals surface area contributed by atoms with Gasteiger partial charge < -0.3 is 9.84 Å². The summed E-state index contributed by atoms with van der Waals surface area (Å²) in [5.74, 6) is -1.08. The third-order valence-electron chi connectivity index (χ3n) is 3.08. The maximum absolute atomic E-state index is 11.2. The van der Waals surface area contributed by atoms with Gasteiger partial charge in [0, 0.05) is 17.8 Å². The number of carbonyl (C=O) groups is 1. The molecule has 1 aromatic rings. The molecule has 0 amide bonds. The topological polar surface area (TPSA) is 105 Å². The summed E-state index contributed by atoms with van der Waals surface area (Å²) in [6.07, 6.45) is 0. The van der Waals surface area contributed by atoms with Gasteiger partial charge in [0.2, 0.25) is 0 Å². The Balaban J connectivity index is 2.54. The predicted octanol–water partition coefficient (Wildman–Crippen LogP) is 1.78. The summed E-state index contributed by atoms with van der Waals surface area (Å²) in [5, 5.41) is 20.0. The number of hydrogen-bond donors (Lipinski definition) is 1. The minimum Gasteiger partial charge on any atom is -0.478 e. The highest BCUT2D eigenvalue weighted by Gasteiger charge is 2.27. The van der Waals surface area contributed by atoms with Crippen molar-refractivity contribution in [2.45, 2.75) is 6.92 Å². The molecule has 0 bridgehead atoms. The van der Waals surface area contributed by atoms with Gasteiger partial charge in [-0.2, -0.15) is 0 Å². The van der Waals surface area contributed by atoms with Gasteiger partial charge in [0.25, 0.3) is 11.7 Å². The van der Waals surface area contributed by atoms with Crippen molar-refractivity contribution in [3.63, 3.8) is 0 Å². The van der Waals surface area contributed by atoms with Crippen LogP contribution in [0.15, 0.2) is 40.5 Å². The molecule has 8 nitrogen and oxygen atoms in total. The molecule has 2 rings (SSSR count). The molecule has 1 aliphatic heterocycles. The van der Waals surface area contributed by atoms with Crippen molar-refractivity contribution in [2.24, 2.45) is 4.99 Å². The number of rotatable bonds is 3. The van der Waals surface area contributed by atoms with E-state index in [1.165, 1.54) is 30.2 Å². The molecule has 0 spiro atoms. The summed E-state index contributed by atoms with van der Waals surface area (Å²) in [7, 11) is 1.40. The molecule has 0 fully saturated rings. The SMILES string of the molecule is COC1=NCC(C(=O)O)=C(C)N1c1cccc([N+](=O)[O-])c1. The molecule has 1 aromatic carbocycles. The molecule has 0 aliphatic carbocycles. The van der Waals surface area contributed by atoms with Gasteiger partial charge in [0.15, 0.2) is 0 Å². The van der Waals surface area contributed by atoms with Crippen LogP contribution in [0.3, 0.4) is 0 Å². The number of aliphatic carboxylic acids is 1. The Bertz CT molecular complexity index is 666. The van der Waals surface area contributed by atoms with Gasteiger partial charge in [-0.05, 0) is 13.0 Å². The lowest BCUT2D eigenvalue weighted by molar-refractivity contribution is -0.384. The third kappa shape index (κ3) is 2.69. The third-order valence-corrected chi connectivity index (χ3v) is 3.08. The molecular formula is C13H13N3O5. The zero-order valence-electron chi connectivity index (χ0n) is 11.4. The highest BCUT2D eigenvalue weighted by molar-refractivity contribution is 6.01. The Morgan fingerprint density at radius 1 is 1.52 bits per heavy atom. The van der Waals surface area contributed by atoms with Gasteiger partial charge >= 0.3 is 5.97 Å². The smallest absolute Gasteiger partial charge is 0.335 e. The van der Waals surface area contributed by atoms with Crippen LogP contribution in [0.5, 0.6) is 0 Å². The summed E-state index contributed by atoms with van der Waals surface area (Å²) < 4.78 is 5.14. The van der Waals surface area contributed by atoms with Crippen LogP contribution in [0.1, 0.15) is 6.92 Å². The van der Waals surface area contributed by atoms with E-state index in [4.69, 9.17) is 4.74 Å². The number of anilines is 1. The standard InChI is InChI=1S/C13H13N3O5/c1-8-11(12(17)18)7-14-13(21-2)15(8)9-4-3-5-10(6-9)16(19)20/h3-6H,7H2,1-2H3,(H,17,18). The molecule has 1 heterocycles. The van der Waals surface area contributed by atoms with Crippen LogP contribution in [-0.2, 0) is 9.53 Å². The molecule has 1 N–H and O–H groups in total. The Morgan fingerprint density at radius 2 is 2.24 bits per heavy atom. The number of carboxylic acid groups (broad SMARTS) is 1. The van der Waals surface area contributed by atoms with Gasteiger partial charge in [0.05, 0.1) is 29.8 Å². The largest absolute Gasteiger partial charge is 0.478 e. The number of amidine groups is 1. The van der Waals surface area contributed by atoms with E-state index in [0.717, 1.165) is 0 Å². The number of hydrogen-bond acceptors (Lipinski definition) is 6. The van der Waals surface area contributed by atoms with Crippen LogP contribution in [0.4, 0.5) is 11.4 Å². The van der Waals surface area contributed by atoms with Gasteiger partial charge in [0.1, 0.15) is 0 Å². The highest BCUT2D eigenvalue weighted by Crippen LogP contribution is 2.28.